The van der Waals surface area contributed by atoms with Gasteiger partial charge in [0.05, 0.1) is 17.2 Å². The second kappa shape index (κ2) is 5.94. The summed E-state index contributed by atoms with van der Waals surface area (Å²) in [5.41, 5.74) is 2.64. The highest BCUT2D eigenvalue weighted by atomic mass is 32.1. The first kappa shape index (κ1) is 13.6. The van der Waals surface area contributed by atoms with Crippen molar-refractivity contribution in [3.63, 3.8) is 0 Å². The molecule has 2 aromatic rings. The molecule has 0 saturated heterocycles. The van der Waals surface area contributed by atoms with Gasteiger partial charge in [-0.3, -0.25) is 0 Å². The zero-order valence-corrected chi connectivity index (χ0v) is 12.9. The van der Waals surface area contributed by atoms with Crippen molar-refractivity contribution in [2.24, 2.45) is 0 Å². The van der Waals surface area contributed by atoms with Crippen LogP contribution in [0.25, 0.3) is 0 Å². The molecular weight excluding hydrogens is 266 g/mol. The van der Waals surface area contributed by atoms with E-state index in [1.807, 2.05) is 18.4 Å². The molecule has 1 aromatic carbocycles. The predicted molar refractivity (Wildman–Crippen MR) is 85.7 cm³/mol. The minimum atomic E-state index is 0.501. The van der Waals surface area contributed by atoms with E-state index in [0.717, 1.165) is 26.1 Å². The fourth-order valence-electron chi connectivity index (χ4n) is 2.68. The molecular formula is C16H21N3S. The van der Waals surface area contributed by atoms with Gasteiger partial charge in [-0.1, -0.05) is 25.1 Å². The Morgan fingerprint density at radius 2 is 2.15 bits per heavy atom. The van der Waals surface area contributed by atoms with E-state index < -0.39 is 0 Å². The average Bonchev–Trinajstić information content (AvgIpc) is 2.91. The molecule has 1 N–H and O–H groups in total. The Morgan fingerprint density at radius 3 is 2.90 bits per heavy atom. The normalized spacial score (nSPS) is 16.0. The third-order valence-electron chi connectivity index (χ3n) is 3.80. The summed E-state index contributed by atoms with van der Waals surface area (Å²) in [6.07, 6.45) is 1.06. The maximum Gasteiger partial charge on any atom is 0.0972 e. The van der Waals surface area contributed by atoms with Gasteiger partial charge in [-0.05, 0) is 19.2 Å². The van der Waals surface area contributed by atoms with Gasteiger partial charge in [0.2, 0.25) is 0 Å². The van der Waals surface area contributed by atoms with E-state index >= 15 is 0 Å². The standard InChI is InChI=1S/C16H21N3S/c1-12(10-17-2)16-18-14-8-9-19(11-15(14)20-16)13-6-4-3-5-7-13/h3-7,12,17H,8-11H2,1-2H3. The van der Waals surface area contributed by atoms with E-state index in [1.165, 1.54) is 21.3 Å². The minimum Gasteiger partial charge on any atom is -0.366 e. The number of hydrogen-bond donors (Lipinski definition) is 1. The van der Waals surface area contributed by atoms with Gasteiger partial charge in [0.1, 0.15) is 0 Å². The first-order valence-corrected chi connectivity index (χ1v) is 8.02. The predicted octanol–water partition coefficient (Wildman–Crippen LogP) is 3.03. The Morgan fingerprint density at radius 1 is 1.35 bits per heavy atom. The molecule has 0 spiro atoms. The van der Waals surface area contributed by atoms with Gasteiger partial charge in [0.25, 0.3) is 0 Å². The van der Waals surface area contributed by atoms with E-state index in [2.05, 4.69) is 47.5 Å². The molecule has 0 radical (unpaired) electrons. The smallest absolute Gasteiger partial charge is 0.0972 e. The average molecular weight is 287 g/mol. The lowest BCUT2D eigenvalue weighted by atomic mass is 10.1. The molecule has 3 nitrogen and oxygen atoms in total. The van der Waals surface area contributed by atoms with Crippen LogP contribution < -0.4 is 10.2 Å². The van der Waals surface area contributed by atoms with Gasteiger partial charge >= 0.3 is 0 Å². The van der Waals surface area contributed by atoms with Crippen molar-refractivity contribution >= 4 is 17.0 Å². The van der Waals surface area contributed by atoms with Gasteiger partial charge < -0.3 is 10.2 Å². The minimum absolute atomic E-state index is 0.501. The number of anilines is 1. The molecule has 1 aliphatic heterocycles. The maximum absolute atomic E-state index is 4.85. The molecule has 106 valence electrons. The van der Waals surface area contributed by atoms with Crippen molar-refractivity contribution in [1.82, 2.24) is 10.3 Å². The lowest BCUT2D eigenvalue weighted by Crippen LogP contribution is -2.29. The number of hydrogen-bond acceptors (Lipinski definition) is 4. The van der Waals surface area contributed by atoms with Crippen LogP contribution in [0, 0.1) is 0 Å². The number of thiazole rings is 1. The Bertz CT molecular complexity index is 564. The molecule has 20 heavy (non-hydrogen) atoms. The molecule has 1 atom stereocenters. The zero-order chi connectivity index (χ0) is 13.9. The first-order chi connectivity index (χ1) is 9.78. The van der Waals surface area contributed by atoms with Crippen molar-refractivity contribution in [2.45, 2.75) is 25.8 Å². The summed E-state index contributed by atoms with van der Waals surface area (Å²) in [6.45, 7) is 5.31. The van der Waals surface area contributed by atoms with Crippen LogP contribution in [0.5, 0.6) is 0 Å². The summed E-state index contributed by atoms with van der Waals surface area (Å²) in [6, 6.07) is 10.7. The molecule has 4 heteroatoms. The molecule has 1 unspecified atom stereocenters. The fourth-order valence-corrected chi connectivity index (χ4v) is 3.86. The highest BCUT2D eigenvalue weighted by Crippen LogP contribution is 2.31. The Kier molecular flexibility index (Phi) is 4.03. The molecule has 3 rings (SSSR count). The first-order valence-electron chi connectivity index (χ1n) is 7.21. The number of fused-ring (bicyclic) bond motifs is 1. The lowest BCUT2D eigenvalue weighted by Gasteiger charge is -2.28. The number of nitrogens with zero attached hydrogens (tertiary/aromatic N) is 2. The van der Waals surface area contributed by atoms with Gasteiger partial charge in [0.15, 0.2) is 0 Å². The second-order valence-electron chi connectivity index (χ2n) is 5.39. The Balaban J connectivity index is 1.78. The van der Waals surface area contributed by atoms with Crippen molar-refractivity contribution in [3.05, 3.63) is 45.9 Å². The molecule has 0 amide bonds. The zero-order valence-electron chi connectivity index (χ0n) is 12.1. The van der Waals surface area contributed by atoms with Gasteiger partial charge in [-0.2, -0.15) is 0 Å². The Labute approximate surface area is 124 Å². The quantitative estimate of drug-likeness (QED) is 0.937. The third kappa shape index (κ3) is 2.72. The number of rotatable bonds is 4. The van der Waals surface area contributed by atoms with Crippen LogP contribution in [0.2, 0.25) is 0 Å². The van der Waals surface area contributed by atoms with Gasteiger partial charge in [-0.15, -0.1) is 11.3 Å². The molecule has 0 aliphatic carbocycles. The molecule has 2 heterocycles. The number of nitrogens with one attached hydrogen (secondary N) is 1. The van der Waals surface area contributed by atoms with Crippen LogP contribution in [-0.4, -0.2) is 25.1 Å². The fraction of sp³-hybridized carbons (Fsp3) is 0.438. The van der Waals surface area contributed by atoms with E-state index in [-0.39, 0.29) is 0 Å². The Hall–Kier alpha value is -1.39. The van der Waals surface area contributed by atoms with Gasteiger partial charge in [0, 0.05) is 36.0 Å². The number of likely N-dealkylation sites (N-methyl/N-ethyl adjacent to an activating group) is 1. The molecule has 0 saturated carbocycles. The summed E-state index contributed by atoms with van der Waals surface area (Å²) >= 11 is 1.89. The summed E-state index contributed by atoms with van der Waals surface area (Å²) in [7, 11) is 2.00. The highest BCUT2D eigenvalue weighted by Gasteiger charge is 2.22. The van der Waals surface area contributed by atoms with Crippen LogP contribution in [-0.2, 0) is 13.0 Å². The van der Waals surface area contributed by atoms with Crippen LogP contribution >= 0.6 is 11.3 Å². The summed E-state index contributed by atoms with van der Waals surface area (Å²) in [4.78, 5) is 8.74. The van der Waals surface area contributed by atoms with Crippen molar-refractivity contribution < 1.29 is 0 Å². The van der Waals surface area contributed by atoms with E-state index in [4.69, 9.17) is 4.98 Å². The summed E-state index contributed by atoms with van der Waals surface area (Å²) < 4.78 is 0. The molecule has 1 aromatic heterocycles. The molecule has 0 fully saturated rings. The van der Waals surface area contributed by atoms with E-state index in [9.17, 15) is 0 Å². The largest absolute Gasteiger partial charge is 0.366 e. The van der Waals surface area contributed by atoms with Gasteiger partial charge in [-0.25, -0.2) is 4.98 Å². The molecule has 1 aliphatic rings. The second-order valence-corrected chi connectivity index (χ2v) is 6.50. The van der Waals surface area contributed by atoms with E-state index in [1.54, 1.807) is 0 Å². The van der Waals surface area contributed by atoms with Crippen molar-refractivity contribution in [1.29, 1.82) is 0 Å². The lowest BCUT2D eigenvalue weighted by molar-refractivity contribution is 0.666. The SMILES string of the molecule is CNCC(C)c1nc2c(s1)CN(c1ccccc1)CC2. The summed E-state index contributed by atoms with van der Waals surface area (Å²) in [5, 5.41) is 4.51. The van der Waals surface area contributed by atoms with Crippen LogP contribution in [0.4, 0.5) is 5.69 Å². The number of benzene rings is 1. The van der Waals surface area contributed by atoms with Crippen LogP contribution in [0.1, 0.15) is 28.4 Å². The number of para-hydroxylation sites is 1. The maximum atomic E-state index is 4.85. The van der Waals surface area contributed by atoms with E-state index in [0.29, 0.717) is 5.92 Å². The summed E-state index contributed by atoms with van der Waals surface area (Å²) in [5.74, 6) is 0.501. The molecule has 0 bridgehead atoms. The monoisotopic (exact) mass is 287 g/mol. The highest BCUT2D eigenvalue weighted by molar-refractivity contribution is 7.11. The third-order valence-corrected chi connectivity index (χ3v) is 5.11. The van der Waals surface area contributed by atoms with Crippen molar-refractivity contribution in [2.75, 3.05) is 25.0 Å². The van der Waals surface area contributed by atoms with Crippen LogP contribution in [0.15, 0.2) is 30.3 Å². The topological polar surface area (TPSA) is 28.2 Å². The van der Waals surface area contributed by atoms with Crippen molar-refractivity contribution in [3.8, 4) is 0 Å². The van der Waals surface area contributed by atoms with Crippen LogP contribution in [0.3, 0.4) is 0 Å². The number of aromatic nitrogens is 1.